The van der Waals surface area contributed by atoms with Gasteiger partial charge in [0.15, 0.2) is 0 Å². The minimum absolute atomic E-state index is 0.181. The summed E-state index contributed by atoms with van der Waals surface area (Å²) in [6.45, 7) is 4.21. The molecule has 2 unspecified atom stereocenters. The van der Waals surface area contributed by atoms with E-state index >= 15 is 0 Å². The molecule has 1 aromatic rings. The molecule has 0 aliphatic heterocycles. The number of rotatable bonds is 4. The SMILES string of the molecule is CC(CO)C(C)Nc1ccccc1N. The topological polar surface area (TPSA) is 58.3 Å². The highest BCUT2D eigenvalue weighted by Crippen LogP contribution is 2.19. The molecular formula is C11H18N2O. The molecule has 0 saturated carbocycles. The summed E-state index contributed by atoms with van der Waals surface area (Å²) in [5, 5.41) is 12.3. The van der Waals surface area contributed by atoms with Crippen molar-refractivity contribution in [2.24, 2.45) is 5.92 Å². The molecule has 0 radical (unpaired) electrons. The molecule has 0 spiro atoms. The van der Waals surface area contributed by atoms with Crippen molar-refractivity contribution in [2.75, 3.05) is 17.7 Å². The van der Waals surface area contributed by atoms with Crippen LogP contribution >= 0.6 is 0 Å². The van der Waals surface area contributed by atoms with Crippen LogP contribution in [0.25, 0.3) is 0 Å². The molecule has 2 atom stereocenters. The zero-order valence-corrected chi connectivity index (χ0v) is 8.70. The fourth-order valence-electron chi connectivity index (χ4n) is 1.17. The van der Waals surface area contributed by atoms with Gasteiger partial charge in [0.2, 0.25) is 0 Å². The zero-order valence-electron chi connectivity index (χ0n) is 8.70. The van der Waals surface area contributed by atoms with Crippen molar-refractivity contribution >= 4 is 11.4 Å². The van der Waals surface area contributed by atoms with E-state index in [0.29, 0.717) is 0 Å². The van der Waals surface area contributed by atoms with E-state index in [0.717, 1.165) is 11.4 Å². The maximum atomic E-state index is 8.98. The maximum Gasteiger partial charge on any atom is 0.0576 e. The molecule has 3 nitrogen and oxygen atoms in total. The van der Waals surface area contributed by atoms with Crippen LogP contribution in [0.3, 0.4) is 0 Å². The number of hydrogen-bond acceptors (Lipinski definition) is 3. The number of aliphatic hydroxyl groups is 1. The molecule has 0 bridgehead atoms. The molecule has 3 heteroatoms. The van der Waals surface area contributed by atoms with Crippen molar-refractivity contribution in [3.8, 4) is 0 Å². The van der Waals surface area contributed by atoms with Crippen LogP contribution in [0.5, 0.6) is 0 Å². The molecule has 0 fully saturated rings. The van der Waals surface area contributed by atoms with Gasteiger partial charge in [-0.05, 0) is 25.0 Å². The first-order valence-electron chi connectivity index (χ1n) is 4.87. The Balaban J connectivity index is 2.64. The summed E-state index contributed by atoms with van der Waals surface area (Å²) in [5.74, 6) is 0.217. The second-order valence-electron chi connectivity index (χ2n) is 3.68. The minimum Gasteiger partial charge on any atom is -0.397 e. The van der Waals surface area contributed by atoms with E-state index in [9.17, 15) is 0 Å². The van der Waals surface area contributed by atoms with Gasteiger partial charge in [0.25, 0.3) is 0 Å². The van der Waals surface area contributed by atoms with Crippen LogP contribution < -0.4 is 11.1 Å². The van der Waals surface area contributed by atoms with Gasteiger partial charge in [0.05, 0.1) is 11.4 Å². The normalized spacial score (nSPS) is 14.8. The lowest BCUT2D eigenvalue weighted by Gasteiger charge is -2.21. The Hall–Kier alpha value is -1.22. The van der Waals surface area contributed by atoms with Crippen molar-refractivity contribution in [1.29, 1.82) is 0 Å². The highest BCUT2D eigenvalue weighted by molar-refractivity contribution is 5.65. The van der Waals surface area contributed by atoms with Gasteiger partial charge in [-0.15, -0.1) is 0 Å². The second-order valence-corrected chi connectivity index (χ2v) is 3.68. The van der Waals surface area contributed by atoms with Gasteiger partial charge in [0, 0.05) is 12.6 Å². The van der Waals surface area contributed by atoms with Crippen LogP contribution in [0.4, 0.5) is 11.4 Å². The van der Waals surface area contributed by atoms with Crippen molar-refractivity contribution < 1.29 is 5.11 Å². The maximum absolute atomic E-state index is 8.98. The number of nitrogens with two attached hydrogens (primary N) is 1. The molecule has 1 aromatic carbocycles. The third-order valence-corrected chi connectivity index (χ3v) is 2.49. The Morgan fingerprint density at radius 2 is 2.00 bits per heavy atom. The summed E-state index contributed by atoms with van der Waals surface area (Å²) < 4.78 is 0. The number of nitrogens with one attached hydrogen (secondary N) is 1. The second kappa shape index (κ2) is 4.86. The molecule has 14 heavy (non-hydrogen) atoms. The number of para-hydroxylation sites is 2. The van der Waals surface area contributed by atoms with Crippen LogP contribution in [-0.2, 0) is 0 Å². The van der Waals surface area contributed by atoms with Crippen molar-refractivity contribution in [3.63, 3.8) is 0 Å². The summed E-state index contributed by atoms with van der Waals surface area (Å²) in [7, 11) is 0. The predicted octanol–water partition coefficient (Wildman–Crippen LogP) is 1.70. The van der Waals surface area contributed by atoms with E-state index in [1.54, 1.807) is 0 Å². The summed E-state index contributed by atoms with van der Waals surface area (Å²) in [5.41, 5.74) is 7.46. The lowest BCUT2D eigenvalue weighted by Crippen LogP contribution is -2.26. The van der Waals surface area contributed by atoms with Crippen molar-refractivity contribution in [1.82, 2.24) is 0 Å². The lowest BCUT2D eigenvalue weighted by molar-refractivity contribution is 0.226. The largest absolute Gasteiger partial charge is 0.397 e. The lowest BCUT2D eigenvalue weighted by atomic mass is 10.0. The molecule has 4 N–H and O–H groups in total. The Morgan fingerprint density at radius 1 is 1.36 bits per heavy atom. The zero-order chi connectivity index (χ0) is 10.6. The quantitative estimate of drug-likeness (QED) is 0.639. The molecule has 1 rings (SSSR count). The predicted molar refractivity (Wildman–Crippen MR) is 60.2 cm³/mol. The number of hydrogen-bond donors (Lipinski definition) is 3. The first-order valence-corrected chi connectivity index (χ1v) is 4.87. The Bertz CT molecular complexity index is 288. The third-order valence-electron chi connectivity index (χ3n) is 2.49. The van der Waals surface area contributed by atoms with Gasteiger partial charge in [-0.2, -0.15) is 0 Å². The molecule has 0 amide bonds. The number of benzene rings is 1. The van der Waals surface area contributed by atoms with Gasteiger partial charge >= 0.3 is 0 Å². The summed E-state index contributed by atoms with van der Waals surface area (Å²) in [6, 6.07) is 7.86. The average molecular weight is 194 g/mol. The monoisotopic (exact) mass is 194 g/mol. The van der Waals surface area contributed by atoms with E-state index in [2.05, 4.69) is 5.32 Å². The molecule has 0 saturated heterocycles. The Labute approximate surface area is 84.9 Å². The summed E-state index contributed by atoms with van der Waals surface area (Å²) in [6.07, 6.45) is 0. The van der Waals surface area contributed by atoms with E-state index in [-0.39, 0.29) is 18.6 Å². The molecule has 0 aliphatic carbocycles. The van der Waals surface area contributed by atoms with Crippen molar-refractivity contribution in [2.45, 2.75) is 19.9 Å². The summed E-state index contributed by atoms with van der Waals surface area (Å²) in [4.78, 5) is 0. The van der Waals surface area contributed by atoms with E-state index in [4.69, 9.17) is 10.8 Å². The number of aliphatic hydroxyl groups excluding tert-OH is 1. The molecule has 0 aliphatic rings. The number of nitrogen functional groups attached to an aromatic ring is 1. The van der Waals surface area contributed by atoms with Crippen LogP contribution in [0.1, 0.15) is 13.8 Å². The number of anilines is 2. The fourth-order valence-corrected chi connectivity index (χ4v) is 1.17. The van der Waals surface area contributed by atoms with Gasteiger partial charge in [-0.25, -0.2) is 0 Å². The first kappa shape index (κ1) is 10.9. The van der Waals surface area contributed by atoms with Gasteiger partial charge in [-0.3, -0.25) is 0 Å². The first-order chi connectivity index (χ1) is 6.65. The molecule has 0 aromatic heterocycles. The van der Waals surface area contributed by atoms with Gasteiger partial charge < -0.3 is 16.2 Å². The third kappa shape index (κ3) is 2.64. The minimum atomic E-state index is 0.181. The van der Waals surface area contributed by atoms with E-state index < -0.39 is 0 Å². The van der Waals surface area contributed by atoms with Gasteiger partial charge in [-0.1, -0.05) is 19.1 Å². The highest BCUT2D eigenvalue weighted by atomic mass is 16.3. The van der Waals surface area contributed by atoms with Crippen LogP contribution in [0, 0.1) is 5.92 Å². The Morgan fingerprint density at radius 3 is 2.57 bits per heavy atom. The highest BCUT2D eigenvalue weighted by Gasteiger charge is 2.11. The molecule has 0 heterocycles. The van der Waals surface area contributed by atoms with Gasteiger partial charge in [0.1, 0.15) is 0 Å². The molecule has 78 valence electrons. The standard InChI is InChI=1S/C11H18N2O/c1-8(7-14)9(2)13-11-6-4-3-5-10(11)12/h3-6,8-9,13-14H,7,12H2,1-2H3. The van der Waals surface area contributed by atoms with Crippen LogP contribution in [0.15, 0.2) is 24.3 Å². The summed E-state index contributed by atoms with van der Waals surface area (Å²) >= 11 is 0. The van der Waals surface area contributed by atoms with E-state index in [1.807, 2.05) is 38.1 Å². The van der Waals surface area contributed by atoms with E-state index in [1.165, 1.54) is 0 Å². The van der Waals surface area contributed by atoms with Crippen LogP contribution in [0.2, 0.25) is 0 Å². The fraction of sp³-hybridized carbons (Fsp3) is 0.455. The van der Waals surface area contributed by atoms with Crippen LogP contribution in [-0.4, -0.2) is 17.8 Å². The smallest absolute Gasteiger partial charge is 0.0576 e. The molecular weight excluding hydrogens is 176 g/mol. The Kier molecular flexibility index (Phi) is 3.77. The average Bonchev–Trinajstić information content (AvgIpc) is 2.20. The van der Waals surface area contributed by atoms with Crippen molar-refractivity contribution in [3.05, 3.63) is 24.3 Å².